The first-order chi connectivity index (χ1) is 11.9. The van der Waals surface area contributed by atoms with Gasteiger partial charge in [-0.05, 0) is 24.6 Å². The minimum Gasteiger partial charge on any atom is -0.383 e. The van der Waals surface area contributed by atoms with Crippen LogP contribution in [-0.4, -0.2) is 11.5 Å². The molecule has 120 valence electrons. The van der Waals surface area contributed by atoms with Gasteiger partial charge in [-0.15, -0.1) is 0 Å². The Kier molecular flexibility index (Phi) is 5.48. The normalized spacial score (nSPS) is 10.2. The maximum Gasteiger partial charge on any atom is 0.0723 e. The number of aromatic nitrogens is 1. The van der Waals surface area contributed by atoms with E-state index >= 15 is 0 Å². The third-order valence-corrected chi connectivity index (χ3v) is 3.97. The number of nitrogens with zero attached hydrogens (tertiary/aromatic N) is 1. The smallest absolute Gasteiger partial charge is 0.0723 e. The molecule has 0 aliphatic rings. The summed E-state index contributed by atoms with van der Waals surface area (Å²) < 4.78 is 0. The zero-order valence-electron chi connectivity index (χ0n) is 14.0. The predicted molar refractivity (Wildman–Crippen MR) is 102 cm³/mol. The van der Waals surface area contributed by atoms with E-state index in [4.69, 9.17) is 0 Å². The second kappa shape index (κ2) is 8.17. The fourth-order valence-corrected chi connectivity index (χ4v) is 2.68. The van der Waals surface area contributed by atoms with Gasteiger partial charge in [0.2, 0.25) is 0 Å². The van der Waals surface area contributed by atoms with Gasteiger partial charge in [0, 0.05) is 23.7 Å². The Balaban J connectivity index is 1.95. The lowest BCUT2D eigenvalue weighted by Crippen LogP contribution is -2.04. The summed E-state index contributed by atoms with van der Waals surface area (Å²) in [4.78, 5) is 4.56. The summed E-state index contributed by atoms with van der Waals surface area (Å²) in [5, 5.41) is 4.72. The molecule has 1 N–H and O–H groups in total. The monoisotopic (exact) mass is 314 g/mol. The predicted octanol–water partition coefficient (Wildman–Crippen LogP) is 5.24. The summed E-state index contributed by atoms with van der Waals surface area (Å²) in [5.41, 5.74) is 4.07. The van der Waals surface area contributed by atoms with Crippen molar-refractivity contribution >= 4 is 16.6 Å². The van der Waals surface area contributed by atoms with E-state index in [1.165, 1.54) is 19.3 Å². The van der Waals surface area contributed by atoms with Crippen LogP contribution in [0.3, 0.4) is 0 Å². The minimum atomic E-state index is 0.953. The Hall–Kier alpha value is -2.79. The van der Waals surface area contributed by atoms with Crippen LogP contribution in [0.1, 0.15) is 37.3 Å². The number of hydrogen-bond donors (Lipinski definition) is 1. The van der Waals surface area contributed by atoms with Gasteiger partial charge in [0.15, 0.2) is 0 Å². The fourth-order valence-electron chi connectivity index (χ4n) is 2.68. The highest BCUT2D eigenvalue weighted by Gasteiger charge is 2.06. The van der Waals surface area contributed by atoms with Gasteiger partial charge in [0.25, 0.3) is 0 Å². The van der Waals surface area contributed by atoms with Crippen LogP contribution in [0, 0.1) is 11.8 Å². The lowest BCUT2D eigenvalue weighted by atomic mass is 10.1. The molecule has 0 radical (unpaired) electrons. The van der Waals surface area contributed by atoms with Crippen molar-refractivity contribution in [2.45, 2.75) is 26.2 Å². The molecule has 1 aromatic heterocycles. The van der Waals surface area contributed by atoms with Gasteiger partial charge in [-0.25, -0.2) is 0 Å². The number of unbranched alkanes of at least 4 members (excludes halogenated alkanes) is 2. The number of para-hydroxylation sites is 1. The fraction of sp³-hybridized carbons (Fsp3) is 0.227. The Morgan fingerprint density at radius 2 is 1.71 bits per heavy atom. The van der Waals surface area contributed by atoms with E-state index in [9.17, 15) is 0 Å². The van der Waals surface area contributed by atoms with E-state index in [1.54, 1.807) is 0 Å². The summed E-state index contributed by atoms with van der Waals surface area (Å²) in [7, 11) is 0. The summed E-state index contributed by atoms with van der Waals surface area (Å²) in [5.74, 6) is 6.53. The van der Waals surface area contributed by atoms with Crippen molar-refractivity contribution in [1.82, 2.24) is 4.98 Å². The summed E-state index contributed by atoms with van der Waals surface area (Å²) in [6.45, 7) is 3.18. The molecule has 0 bridgehead atoms. The maximum atomic E-state index is 4.56. The van der Waals surface area contributed by atoms with Crippen LogP contribution in [0.2, 0.25) is 0 Å². The molecule has 2 nitrogen and oxygen atoms in total. The van der Waals surface area contributed by atoms with Crippen molar-refractivity contribution in [2.75, 3.05) is 11.9 Å². The molecule has 0 amide bonds. The first-order valence-electron chi connectivity index (χ1n) is 8.57. The lowest BCUT2D eigenvalue weighted by Gasteiger charge is -2.11. The second-order valence-corrected chi connectivity index (χ2v) is 5.81. The van der Waals surface area contributed by atoms with E-state index in [0.29, 0.717) is 0 Å². The Morgan fingerprint density at radius 3 is 2.54 bits per heavy atom. The molecule has 0 atom stereocenters. The zero-order chi connectivity index (χ0) is 16.6. The molecular weight excluding hydrogens is 292 g/mol. The van der Waals surface area contributed by atoms with Crippen LogP contribution in [-0.2, 0) is 0 Å². The van der Waals surface area contributed by atoms with E-state index in [2.05, 4.69) is 41.2 Å². The second-order valence-electron chi connectivity index (χ2n) is 5.81. The number of pyridine rings is 1. The van der Waals surface area contributed by atoms with Gasteiger partial charge in [-0.1, -0.05) is 68.0 Å². The van der Waals surface area contributed by atoms with Crippen molar-refractivity contribution in [1.29, 1.82) is 0 Å². The average molecular weight is 314 g/mol. The summed E-state index contributed by atoms with van der Waals surface area (Å²) in [6, 6.07) is 18.3. The first kappa shape index (κ1) is 16.1. The molecule has 0 saturated heterocycles. The number of rotatable bonds is 5. The number of anilines is 1. The average Bonchev–Trinajstić information content (AvgIpc) is 2.65. The van der Waals surface area contributed by atoms with E-state index in [-0.39, 0.29) is 0 Å². The molecule has 0 spiro atoms. The van der Waals surface area contributed by atoms with Crippen LogP contribution in [0.5, 0.6) is 0 Å². The number of nitrogens with one attached hydrogen (secondary N) is 1. The highest BCUT2D eigenvalue weighted by molar-refractivity contribution is 5.94. The first-order valence-corrected chi connectivity index (χ1v) is 8.57. The third-order valence-electron chi connectivity index (χ3n) is 3.97. The van der Waals surface area contributed by atoms with Crippen molar-refractivity contribution in [3.05, 3.63) is 71.9 Å². The van der Waals surface area contributed by atoms with Gasteiger partial charge >= 0.3 is 0 Å². The van der Waals surface area contributed by atoms with E-state index < -0.39 is 0 Å². The van der Waals surface area contributed by atoms with Crippen LogP contribution in [0.25, 0.3) is 10.9 Å². The molecule has 0 unspecified atom stereocenters. The van der Waals surface area contributed by atoms with Gasteiger partial charge in [0.1, 0.15) is 0 Å². The largest absolute Gasteiger partial charge is 0.383 e. The number of hydrogen-bond acceptors (Lipinski definition) is 2. The van der Waals surface area contributed by atoms with Crippen molar-refractivity contribution < 1.29 is 0 Å². The number of fused-ring (bicyclic) bond motifs is 1. The molecule has 3 rings (SSSR count). The molecule has 0 aliphatic carbocycles. The van der Waals surface area contributed by atoms with Crippen LogP contribution in [0.15, 0.2) is 60.8 Å². The van der Waals surface area contributed by atoms with E-state index in [0.717, 1.165) is 34.3 Å². The topological polar surface area (TPSA) is 24.9 Å². The molecule has 0 saturated carbocycles. The standard InChI is InChI=1S/C22H22N2/c1-2-3-9-16-23-22-19(15-14-18-10-5-4-6-11-18)17-24-21-13-8-7-12-20(21)22/h4-8,10-13,17H,2-3,9,16H2,1H3,(H,23,24). The van der Waals surface area contributed by atoms with Crippen LogP contribution in [0.4, 0.5) is 5.69 Å². The van der Waals surface area contributed by atoms with Gasteiger partial charge in [0.05, 0.1) is 16.8 Å². The molecule has 24 heavy (non-hydrogen) atoms. The van der Waals surface area contributed by atoms with Crippen molar-refractivity contribution in [2.24, 2.45) is 0 Å². The minimum absolute atomic E-state index is 0.953. The molecule has 3 aromatic rings. The number of benzene rings is 2. The van der Waals surface area contributed by atoms with E-state index in [1.807, 2.05) is 48.7 Å². The lowest BCUT2D eigenvalue weighted by molar-refractivity contribution is 0.744. The van der Waals surface area contributed by atoms with Crippen molar-refractivity contribution in [3.63, 3.8) is 0 Å². The molecule has 2 heteroatoms. The molecule has 2 aromatic carbocycles. The van der Waals surface area contributed by atoms with Crippen LogP contribution >= 0.6 is 0 Å². The SMILES string of the molecule is CCCCCNc1c(C#Cc2ccccc2)cnc2ccccc12. The third kappa shape index (κ3) is 3.94. The Morgan fingerprint density at radius 1 is 0.917 bits per heavy atom. The molecule has 0 fully saturated rings. The molecule has 0 aliphatic heterocycles. The van der Waals surface area contributed by atoms with Crippen molar-refractivity contribution in [3.8, 4) is 11.8 Å². The van der Waals surface area contributed by atoms with Gasteiger partial charge in [-0.3, -0.25) is 4.98 Å². The summed E-state index contributed by atoms with van der Waals surface area (Å²) in [6.07, 6.45) is 5.50. The quantitative estimate of drug-likeness (QED) is 0.515. The Bertz CT molecular complexity index is 857. The molecule has 1 heterocycles. The van der Waals surface area contributed by atoms with Gasteiger partial charge < -0.3 is 5.32 Å². The van der Waals surface area contributed by atoms with Crippen LogP contribution < -0.4 is 5.32 Å². The highest BCUT2D eigenvalue weighted by Crippen LogP contribution is 2.25. The Labute approximate surface area is 143 Å². The zero-order valence-corrected chi connectivity index (χ0v) is 14.0. The summed E-state index contributed by atoms with van der Waals surface area (Å²) >= 11 is 0. The molecular formula is C22H22N2. The van der Waals surface area contributed by atoms with Gasteiger partial charge in [-0.2, -0.15) is 0 Å². The highest BCUT2D eigenvalue weighted by atomic mass is 14.9. The maximum absolute atomic E-state index is 4.56.